The molecule has 0 aromatic heterocycles. The van der Waals surface area contributed by atoms with Crippen LogP contribution < -0.4 is 10.1 Å². The van der Waals surface area contributed by atoms with Gasteiger partial charge in [-0.1, -0.05) is 36.4 Å². The maximum atomic E-state index is 6.09. The first-order chi connectivity index (χ1) is 14.1. The minimum Gasteiger partial charge on any atom is -0.489 e. The second kappa shape index (κ2) is 7.80. The Morgan fingerprint density at radius 1 is 0.966 bits per heavy atom. The van der Waals surface area contributed by atoms with Gasteiger partial charge in [-0.3, -0.25) is 0 Å². The van der Waals surface area contributed by atoms with Crippen LogP contribution in [0.5, 0.6) is 5.75 Å². The molecule has 1 atom stereocenters. The van der Waals surface area contributed by atoms with Crippen molar-refractivity contribution in [2.45, 2.75) is 71.6 Å². The fourth-order valence-corrected chi connectivity index (χ4v) is 6.87. The van der Waals surface area contributed by atoms with Crippen LogP contribution >= 0.6 is 0 Å². The summed E-state index contributed by atoms with van der Waals surface area (Å²) in [5.74, 6) is 4.02. The first-order valence-electron chi connectivity index (χ1n) is 11.6. The fraction of sp³-hybridized carbons (Fsp3) is 0.556. The van der Waals surface area contributed by atoms with E-state index in [-0.39, 0.29) is 0 Å². The Morgan fingerprint density at radius 3 is 2.34 bits per heavy atom. The molecule has 4 fully saturated rings. The molecule has 0 aliphatic heterocycles. The van der Waals surface area contributed by atoms with Crippen LogP contribution in [0.2, 0.25) is 0 Å². The molecule has 0 saturated heterocycles. The molecular weight excluding hydrogens is 354 g/mol. The van der Waals surface area contributed by atoms with E-state index in [0.29, 0.717) is 18.1 Å². The third-order valence-electron chi connectivity index (χ3n) is 8.17. The Kier molecular flexibility index (Phi) is 5.16. The van der Waals surface area contributed by atoms with E-state index in [1.165, 1.54) is 55.2 Å². The Morgan fingerprint density at radius 2 is 1.66 bits per heavy atom. The van der Waals surface area contributed by atoms with Gasteiger partial charge in [-0.25, -0.2) is 0 Å². The maximum Gasteiger partial charge on any atom is 0.120 e. The lowest BCUT2D eigenvalue weighted by Crippen LogP contribution is -2.54. The topological polar surface area (TPSA) is 21.3 Å². The molecule has 0 heterocycles. The van der Waals surface area contributed by atoms with Gasteiger partial charge in [0.25, 0.3) is 0 Å². The SMILES string of the molecule is Cc1ccccc1COc1cccc(CNC(C)C23CC4CC(CC(C4)C2)C3)c1. The summed E-state index contributed by atoms with van der Waals surface area (Å²) in [4.78, 5) is 0. The summed E-state index contributed by atoms with van der Waals surface area (Å²) in [5.41, 5.74) is 4.43. The molecule has 4 aliphatic carbocycles. The van der Waals surface area contributed by atoms with Gasteiger partial charge in [0.05, 0.1) is 0 Å². The second-order valence-electron chi connectivity index (χ2n) is 10.2. The van der Waals surface area contributed by atoms with E-state index in [4.69, 9.17) is 4.74 Å². The van der Waals surface area contributed by atoms with Crippen LogP contribution in [0.1, 0.15) is 62.1 Å². The number of benzene rings is 2. The lowest BCUT2D eigenvalue weighted by Gasteiger charge is -2.59. The van der Waals surface area contributed by atoms with Gasteiger partial charge in [-0.15, -0.1) is 0 Å². The molecule has 0 spiro atoms. The third kappa shape index (κ3) is 3.97. The van der Waals surface area contributed by atoms with Crippen molar-refractivity contribution >= 4 is 0 Å². The lowest BCUT2D eigenvalue weighted by molar-refractivity contribution is -0.0706. The molecule has 6 rings (SSSR count). The molecule has 2 aromatic carbocycles. The number of hydrogen-bond acceptors (Lipinski definition) is 2. The molecule has 1 N–H and O–H groups in total. The molecular formula is C27H35NO. The predicted octanol–water partition coefficient (Wildman–Crippen LogP) is 6.27. The standard InChI is InChI=1S/C27H35NO/c1-19-6-3-4-8-25(19)18-29-26-9-5-7-21(13-26)17-28-20(2)27-14-22-10-23(15-27)12-24(11-22)16-27/h3-9,13,20,22-24,28H,10-12,14-18H2,1-2H3. The quantitative estimate of drug-likeness (QED) is 0.603. The van der Waals surface area contributed by atoms with Crippen LogP contribution in [0.15, 0.2) is 48.5 Å². The van der Waals surface area contributed by atoms with Crippen molar-refractivity contribution in [3.63, 3.8) is 0 Å². The summed E-state index contributed by atoms with van der Waals surface area (Å²) in [6, 6.07) is 17.7. The number of hydrogen-bond donors (Lipinski definition) is 1. The molecule has 1 unspecified atom stereocenters. The summed E-state index contributed by atoms with van der Waals surface area (Å²) >= 11 is 0. The van der Waals surface area contributed by atoms with E-state index in [1.807, 2.05) is 0 Å². The Hall–Kier alpha value is -1.80. The Labute approximate surface area is 176 Å². The van der Waals surface area contributed by atoms with Gasteiger partial charge in [0.2, 0.25) is 0 Å². The van der Waals surface area contributed by atoms with Gasteiger partial charge in [0.15, 0.2) is 0 Å². The van der Waals surface area contributed by atoms with Crippen molar-refractivity contribution in [3.8, 4) is 5.75 Å². The average Bonchev–Trinajstić information content (AvgIpc) is 2.71. The maximum absolute atomic E-state index is 6.09. The zero-order chi connectivity index (χ0) is 19.8. The van der Waals surface area contributed by atoms with Gasteiger partial charge in [0.1, 0.15) is 12.4 Å². The average molecular weight is 390 g/mol. The molecule has 2 heteroatoms. The summed E-state index contributed by atoms with van der Waals surface area (Å²) in [6.07, 6.45) is 8.96. The largest absolute Gasteiger partial charge is 0.489 e. The Balaban J connectivity index is 1.19. The molecule has 4 saturated carbocycles. The third-order valence-corrected chi connectivity index (χ3v) is 8.17. The number of nitrogens with one attached hydrogen (secondary N) is 1. The highest BCUT2D eigenvalue weighted by molar-refractivity contribution is 5.30. The summed E-state index contributed by atoms with van der Waals surface area (Å²) in [6.45, 7) is 6.16. The van der Waals surface area contributed by atoms with Gasteiger partial charge in [-0.05, 0) is 104 Å². The first kappa shape index (κ1) is 19.2. The van der Waals surface area contributed by atoms with Crippen LogP contribution in [0, 0.1) is 30.1 Å². The van der Waals surface area contributed by atoms with Crippen molar-refractivity contribution in [2.24, 2.45) is 23.2 Å². The zero-order valence-electron chi connectivity index (χ0n) is 18.0. The molecule has 0 amide bonds. The van der Waals surface area contributed by atoms with Crippen molar-refractivity contribution in [2.75, 3.05) is 0 Å². The van der Waals surface area contributed by atoms with E-state index in [0.717, 1.165) is 30.0 Å². The smallest absolute Gasteiger partial charge is 0.120 e. The highest BCUT2D eigenvalue weighted by Gasteiger charge is 2.52. The summed E-state index contributed by atoms with van der Waals surface area (Å²) in [5, 5.41) is 3.91. The molecule has 4 bridgehead atoms. The molecule has 4 aliphatic rings. The molecule has 29 heavy (non-hydrogen) atoms. The highest BCUT2D eigenvalue weighted by Crippen LogP contribution is 2.61. The normalized spacial score (nSPS) is 31.0. The van der Waals surface area contributed by atoms with Crippen molar-refractivity contribution in [1.82, 2.24) is 5.32 Å². The van der Waals surface area contributed by atoms with Crippen LogP contribution in [-0.4, -0.2) is 6.04 Å². The number of ether oxygens (including phenoxy) is 1. The van der Waals surface area contributed by atoms with Crippen molar-refractivity contribution in [1.29, 1.82) is 0 Å². The van der Waals surface area contributed by atoms with Crippen LogP contribution in [0.25, 0.3) is 0 Å². The monoisotopic (exact) mass is 389 g/mol. The van der Waals surface area contributed by atoms with E-state index in [2.05, 4.69) is 67.7 Å². The van der Waals surface area contributed by atoms with Crippen LogP contribution in [-0.2, 0) is 13.2 Å². The minimum atomic E-state index is 0.563. The van der Waals surface area contributed by atoms with E-state index >= 15 is 0 Å². The highest BCUT2D eigenvalue weighted by atomic mass is 16.5. The second-order valence-corrected chi connectivity index (χ2v) is 10.2. The van der Waals surface area contributed by atoms with E-state index < -0.39 is 0 Å². The van der Waals surface area contributed by atoms with Crippen molar-refractivity contribution in [3.05, 3.63) is 65.2 Å². The first-order valence-corrected chi connectivity index (χ1v) is 11.6. The van der Waals surface area contributed by atoms with E-state index in [1.54, 1.807) is 0 Å². The summed E-state index contributed by atoms with van der Waals surface area (Å²) < 4.78 is 6.09. The summed E-state index contributed by atoms with van der Waals surface area (Å²) in [7, 11) is 0. The fourth-order valence-electron chi connectivity index (χ4n) is 6.87. The number of aryl methyl sites for hydroxylation is 1. The molecule has 154 valence electrons. The number of rotatable bonds is 7. The van der Waals surface area contributed by atoms with E-state index in [9.17, 15) is 0 Å². The predicted molar refractivity (Wildman–Crippen MR) is 119 cm³/mol. The van der Waals surface area contributed by atoms with Crippen LogP contribution in [0.3, 0.4) is 0 Å². The lowest BCUT2D eigenvalue weighted by atomic mass is 9.48. The molecule has 2 nitrogen and oxygen atoms in total. The van der Waals surface area contributed by atoms with Gasteiger partial charge < -0.3 is 10.1 Å². The molecule has 2 aromatic rings. The van der Waals surface area contributed by atoms with Crippen LogP contribution in [0.4, 0.5) is 0 Å². The molecule has 0 radical (unpaired) electrons. The van der Waals surface area contributed by atoms with Gasteiger partial charge in [0, 0.05) is 12.6 Å². The van der Waals surface area contributed by atoms with Gasteiger partial charge >= 0.3 is 0 Å². The van der Waals surface area contributed by atoms with Crippen molar-refractivity contribution < 1.29 is 4.74 Å². The van der Waals surface area contributed by atoms with Gasteiger partial charge in [-0.2, -0.15) is 0 Å². The zero-order valence-corrected chi connectivity index (χ0v) is 18.0. The minimum absolute atomic E-state index is 0.563. The Bertz CT molecular complexity index is 822.